The topological polar surface area (TPSA) is 52.7 Å². The average Bonchev–Trinajstić information content (AvgIpc) is 2.93. The van der Waals surface area contributed by atoms with E-state index in [1.54, 1.807) is 7.11 Å². The van der Waals surface area contributed by atoms with Gasteiger partial charge in [0.05, 0.1) is 33.0 Å². The highest BCUT2D eigenvalue weighted by Gasteiger charge is 1.98. The lowest BCUT2D eigenvalue weighted by Gasteiger charge is -2.08. The van der Waals surface area contributed by atoms with E-state index in [1.807, 2.05) is 30.5 Å². The third-order valence-electron chi connectivity index (χ3n) is 2.82. The van der Waals surface area contributed by atoms with Gasteiger partial charge in [0.15, 0.2) is 0 Å². The molecule has 0 aliphatic heterocycles. The van der Waals surface area contributed by atoms with Crippen molar-refractivity contribution >= 4 is 10.9 Å². The summed E-state index contributed by atoms with van der Waals surface area (Å²) in [5.74, 6) is 0.858. The van der Waals surface area contributed by atoms with Gasteiger partial charge in [-0.1, -0.05) is 0 Å². The minimum absolute atomic E-state index is 0.536. The number of nitrogens with one attached hydrogen (secondary N) is 1. The molecule has 0 radical (unpaired) electrons. The molecule has 5 nitrogen and oxygen atoms in total. The van der Waals surface area contributed by atoms with Crippen LogP contribution in [-0.2, 0) is 14.2 Å². The van der Waals surface area contributed by atoms with E-state index in [0.29, 0.717) is 39.6 Å². The molecule has 1 heterocycles. The zero-order valence-electron chi connectivity index (χ0n) is 11.8. The summed E-state index contributed by atoms with van der Waals surface area (Å²) in [6.07, 6.45) is 1.92. The van der Waals surface area contributed by atoms with Gasteiger partial charge in [-0.15, -0.1) is 0 Å². The van der Waals surface area contributed by atoms with Gasteiger partial charge in [0.2, 0.25) is 0 Å². The first kappa shape index (κ1) is 14.8. The third kappa shape index (κ3) is 4.85. The van der Waals surface area contributed by atoms with Crippen LogP contribution in [0.15, 0.2) is 30.5 Å². The molecule has 0 aliphatic rings. The van der Waals surface area contributed by atoms with Crippen LogP contribution in [0.5, 0.6) is 5.75 Å². The number of hydrogen-bond acceptors (Lipinski definition) is 4. The number of ether oxygens (including phenoxy) is 4. The van der Waals surface area contributed by atoms with Crippen molar-refractivity contribution in [3.05, 3.63) is 30.5 Å². The van der Waals surface area contributed by atoms with Gasteiger partial charge in [-0.3, -0.25) is 0 Å². The molecule has 0 saturated heterocycles. The molecule has 0 fully saturated rings. The first-order valence-corrected chi connectivity index (χ1v) is 6.74. The molecule has 1 aromatic carbocycles. The molecular weight excluding hydrogens is 258 g/mol. The van der Waals surface area contributed by atoms with E-state index in [1.165, 1.54) is 0 Å². The van der Waals surface area contributed by atoms with Crippen molar-refractivity contribution < 1.29 is 18.9 Å². The van der Waals surface area contributed by atoms with Crippen LogP contribution in [0, 0.1) is 0 Å². The SMILES string of the molecule is COCCOCCOCCOc1ccc2[nH]ccc2c1. The van der Waals surface area contributed by atoms with Crippen molar-refractivity contribution in [3.63, 3.8) is 0 Å². The highest BCUT2D eigenvalue weighted by atomic mass is 16.6. The molecule has 0 unspecified atom stereocenters. The summed E-state index contributed by atoms with van der Waals surface area (Å²) in [6, 6.07) is 8.00. The van der Waals surface area contributed by atoms with Crippen LogP contribution >= 0.6 is 0 Å². The summed E-state index contributed by atoms with van der Waals surface area (Å²) in [5.41, 5.74) is 1.11. The van der Waals surface area contributed by atoms with Gasteiger partial charge in [0.25, 0.3) is 0 Å². The van der Waals surface area contributed by atoms with E-state index in [-0.39, 0.29) is 0 Å². The lowest BCUT2D eigenvalue weighted by Crippen LogP contribution is -2.12. The van der Waals surface area contributed by atoms with Gasteiger partial charge < -0.3 is 23.9 Å². The molecule has 0 amide bonds. The van der Waals surface area contributed by atoms with Crippen LogP contribution in [0.1, 0.15) is 0 Å². The smallest absolute Gasteiger partial charge is 0.120 e. The average molecular weight is 279 g/mol. The summed E-state index contributed by atoms with van der Waals surface area (Å²) < 4.78 is 21.2. The number of H-pyrrole nitrogens is 1. The molecule has 2 aromatic rings. The Hall–Kier alpha value is -1.56. The van der Waals surface area contributed by atoms with Crippen molar-refractivity contribution in [1.82, 2.24) is 4.98 Å². The molecule has 0 saturated carbocycles. The summed E-state index contributed by atoms with van der Waals surface area (Å²) in [5, 5.41) is 1.15. The predicted octanol–water partition coefficient (Wildman–Crippen LogP) is 2.23. The fraction of sp³-hybridized carbons (Fsp3) is 0.467. The maximum absolute atomic E-state index is 5.63. The van der Waals surface area contributed by atoms with Gasteiger partial charge in [0, 0.05) is 24.2 Å². The fourth-order valence-corrected chi connectivity index (χ4v) is 1.80. The second kappa shape index (κ2) is 8.58. The standard InChI is InChI=1S/C15H21NO4/c1-17-6-7-18-8-9-19-10-11-20-14-2-3-15-13(12-14)4-5-16-15/h2-5,12,16H,6-11H2,1H3. The highest BCUT2D eigenvalue weighted by Crippen LogP contribution is 2.19. The molecule has 5 heteroatoms. The zero-order valence-corrected chi connectivity index (χ0v) is 11.8. The molecule has 0 bridgehead atoms. The van der Waals surface area contributed by atoms with E-state index in [9.17, 15) is 0 Å². The Bertz CT molecular complexity index is 497. The highest BCUT2D eigenvalue weighted by molar-refractivity contribution is 5.80. The maximum atomic E-state index is 5.63. The lowest BCUT2D eigenvalue weighted by molar-refractivity contribution is 0.0180. The Kier molecular flexibility index (Phi) is 6.37. The largest absolute Gasteiger partial charge is 0.491 e. The number of rotatable bonds is 10. The number of hydrogen-bond donors (Lipinski definition) is 1. The monoisotopic (exact) mass is 279 g/mol. The van der Waals surface area contributed by atoms with Crippen molar-refractivity contribution in [2.45, 2.75) is 0 Å². The number of methoxy groups -OCH3 is 1. The van der Waals surface area contributed by atoms with Gasteiger partial charge >= 0.3 is 0 Å². The third-order valence-corrected chi connectivity index (χ3v) is 2.82. The van der Waals surface area contributed by atoms with Crippen LogP contribution in [0.2, 0.25) is 0 Å². The fourth-order valence-electron chi connectivity index (χ4n) is 1.80. The van der Waals surface area contributed by atoms with Gasteiger partial charge in [-0.05, 0) is 24.3 Å². The summed E-state index contributed by atoms with van der Waals surface area (Å²) in [7, 11) is 1.65. The molecule has 0 atom stereocenters. The van der Waals surface area contributed by atoms with E-state index in [4.69, 9.17) is 18.9 Å². The number of benzene rings is 1. The number of fused-ring (bicyclic) bond motifs is 1. The second-order valence-corrected chi connectivity index (χ2v) is 4.29. The second-order valence-electron chi connectivity index (χ2n) is 4.29. The first-order chi connectivity index (χ1) is 9.90. The summed E-state index contributed by atoms with van der Waals surface area (Å²) in [4.78, 5) is 3.15. The Balaban J connectivity index is 1.54. The van der Waals surface area contributed by atoms with Crippen LogP contribution < -0.4 is 4.74 Å². The van der Waals surface area contributed by atoms with Crippen LogP contribution in [0.3, 0.4) is 0 Å². The van der Waals surface area contributed by atoms with Crippen LogP contribution in [-0.4, -0.2) is 51.7 Å². The van der Waals surface area contributed by atoms with E-state index >= 15 is 0 Å². The van der Waals surface area contributed by atoms with Crippen LogP contribution in [0.4, 0.5) is 0 Å². The molecule has 2 rings (SSSR count). The van der Waals surface area contributed by atoms with Crippen molar-refractivity contribution in [3.8, 4) is 5.75 Å². The van der Waals surface area contributed by atoms with Crippen molar-refractivity contribution in [2.75, 3.05) is 46.8 Å². The molecule has 0 aliphatic carbocycles. The van der Waals surface area contributed by atoms with Gasteiger partial charge in [-0.25, -0.2) is 0 Å². The number of aromatic amines is 1. The Morgan fingerprint density at radius 1 is 0.900 bits per heavy atom. The van der Waals surface area contributed by atoms with Gasteiger partial charge in [-0.2, -0.15) is 0 Å². The van der Waals surface area contributed by atoms with Crippen LogP contribution in [0.25, 0.3) is 10.9 Å². The lowest BCUT2D eigenvalue weighted by atomic mass is 10.2. The normalized spacial score (nSPS) is 11.1. The molecule has 1 N–H and O–H groups in total. The van der Waals surface area contributed by atoms with Crippen molar-refractivity contribution in [2.24, 2.45) is 0 Å². The molecule has 20 heavy (non-hydrogen) atoms. The maximum Gasteiger partial charge on any atom is 0.120 e. The Morgan fingerprint density at radius 2 is 1.65 bits per heavy atom. The van der Waals surface area contributed by atoms with Crippen molar-refractivity contribution in [1.29, 1.82) is 0 Å². The van der Waals surface area contributed by atoms with E-state index < -0.39 is 0 Å². The summed E-state index contributed by atoms with van der Waals surface area (Å²) in [6.45, 7) is 3.47. The first-order valence-electron chi connectivity index (χ1n) is 6.74. The Morgan fingerprint density at radius 3 is 2.45 bits per heavy atom. The van der Waals surface area contributed by atoms with E-state index in [2.05, 4.69) is 4.98 Å². The van der Waals surface area contributed by atoms with Gasteiger partial charge in [0.1, 0.15) is 12.4 Å². The van der Waals surface area contributed by atoms with E-state index in [0.717, 1.165) is 16.7 Å². The molecule has 1 aromatic heterocycles. The minimum Gasteiger partial charge on any atom is -0.491 e. The number of aromatic nitrogens is 1. The Labute approximate surface area is 118 Å². The molecule has 110 valence electrons. The molecule has 0 spiro atoms. The quantitative estimate of drug-likeness (QED) is 0.678. The minimum atomic E-state index is 0.536. The zero-order chi connectivity index (χ0) is 14.0. The summed E-state index contributed by atoms with van der Waals surface area (Å²) >= 11 is 0. The predicted molar refractivity (Wildman–Crippen MR) is 77.3 cm³/mol. The molecular formula is C15H21NO4.